The number of rotatable bonds is 3. The molecule has 5 rings (SSSR count). The number of hydrogen-bond donors (Lipinski definition) is 2. The van der Waals surface area contributed by atoms with E-state index in [9.17, 15) is 14.7 Å². The van der Waals surface area contributed by atoms with E-state index in [1.165, 1.54) is 27.9 Å². The van der Waals surface area contributed by atoms with E-state index in [0.29, 0.717) is 37.7 Å². The van der Waals surface area contributed by atoms with Gasteiger partial charge in [0.25, 0.3) is 5.56 Å². The summed E-state index contributed by atoms with van der Waals surface area (Å²) in [6, 6.07) is 9.32. The van der Waals surface area contributed by atoms with Gasteiger partial charge in [-0.05, 0) is 52.3 Å². The molecule has 8 nitrogen and oxygen atoms in total. The molecule has 0 bridgehead atoms. The van der Waals surface area contributed by atoms with Gasteiger partial charge in [-0.15, -0.1) is 0 Å². The summed E-state index contributed by atoms with van der Waals surface area (Å²) in [7, 11) is 0. The van der Waals surface area contributed by atoms with E-state index in [-0.39, 0.29) is 16.9 Å². The molecule has 10 heteroatoms. The Balaban J connectivity index is 1.58. The van der Waals surface area contributed by atoms with Crippen molar-refractivity contribution in [2.75, 3.05) is 0 Å². The molecule has 0 radical (unpaired) electrons. The fourth-order valence-corrected chi connectivity index (χ4v) is 4.36. The largest absolute Gasteiger partial charge is 0.507 e. The summed E-state index contributed by atoms with van der Waals surface area (Å²) in [6.45, 7) is 0. The van der Waals surface area contributed by atoms with Gasteiger partial charge in [-0.3, -0.25) is 4.79 Å². The van der Waals surface area contributed by atoms with Crippen LogP contribution in [0, 0.1) is 0 Å². The van der Waals surface area contributed by atoms with Crippen molar-refractivity contribution >= 4 is 55.4 Å². The lowest BCUT2D eigenvalue weighted by atomic mass is 10.1. The van der Waals surface area contributed by atoms with Crippen molar-refractivity contribution in [1.82, 2.24) is 14.4 Å². The summed E-state index contributed by atoms with van der Waals surface area (Å²) in [5.74, 6) is -0.722. The van der Waals surface area contributed by atoms with Crippen LogP contribution < -0.4 is 10.1 Å². The van der Waals surface area contributed by atoms with Gasteiger partial charge in [-0.1, -0.05) is 11.3 Å². The first-order chi connectivity index (χ1) is 14.4. The van der Waals surface area contributed by atoms with Crippen molar-refractivity contribution in [3.8, 4) is 17.1 Å². The van der Waals surface area contributed by atoms with E-state index in [1.807, 2.05) is 0 Å². The molecule has 0 aliphatic rings. The van der Waals surface area contributed by atoms with Crippen LogP contribution in [0.5, 0.6) is 5.75 Å². The van der Waals surface area contributed by atoms with Crippen LogP contribution in [0.2, 0.25) is 0 Å². The quantitative estimate of drug-likeness (QED) is 0.404. The number of aromatic hydroxyl groups is 1. The van der Waals surface area contributed by atoms with E-state index in [1.54, 1.807) is 36.5 Å². The SMILES string of the molecule is O=C(O)c1cc(-c2ccc(C=c3sc4nc5cc(Br)cnc5n4c3=O)o2)ccc1O. The molecule has 0 fully saturated rings. The third-order valence-corrected chi connectivity index (χ3v) is 5.86. The summed E-state index contributed by atoms with van der Waals surface area (Å²) < 4.78 is 8.44. The second kappa shape index (κ2) is 6.78. The monoisotopic (exact) mass is 483 g/mol. The van der Waals surface area contributed by atoms with E-state index in [2.05, 4.69) is 25.9 Å². The summed E-state index contributed by atoms with van der Waals surface area (Å²) in [5.41, 5.74) is 1.14. The van der Waals surface area contributed by atoms with Gasteiger partial charge in [0.15, 0.2) is 10.6 Å². The Morgan fingerprint density at radius 2 is 2.07 bits per heavy atom. The van der Waals surface area contributed by atoms with Crippen LogP contribution in [-0.4, -0.2) is 30.6 Å². The number of aromatic nitrogens is 3. The molecule has 0 aliphatic heterocycles. The molecule has 148 valence electrons. The molecule has 0 saturated carbocycles. The highest BCUT2D eigenvalue weighted by Crippen LogP contribution is 2.28. The van der Waals surface area contributed by atoms with Crippen LogP contribution in [0.15, 0.2) is 56.3 Å². The number of phenols is 1. The Bertz CT molecular complexity index is 1580. The molecule has 0 aliphatic carbocycles. The summed E-state index contributed by atoms with van der Waals surface area (Å²) in [6.07, 6.45) is 3.22. The maximum Gasteiger partial charge on any atom is 0.339 e. The van der Waals surface area contributed by atoms with Crippen LogP contribution in [0.4, 0.5) is 0 Å². The maximum atomic E-state index is 12.8. The number of nitrogens with zero attached hydrogens (tertiary/aromatic N) is 3. The Morgan fingerprint density at radius 1 is 1.23 bits per heavy atom. The third kappa shape index (κ3) is 2.97. The van der Waals surface area contributed by atoms with E-state index in [4.69, 9.17) is 9.52 Å². The van der Waals surface area contributed by atoms with Crippen molar-refractivity contribution in [3.05, 3.63) is 73.3 Å². The van der Waals surface area contributed by atoms with Crippen molar-refractivity contribution in [3.63, 3.8) is 0 Å². The number of carbonyl (C=O) groups is 1. The van der Waals surface area contributed by atoms with Crippen molar-refractivity contribution in [2.24, 2.45) is 0 Å². The molecule has 0 saturated heterocycles. The zero-order valence-electron chi connectivity index (χ0n) is 14.9. The third-order valence-electron chi connectivity index (χ3n) is 4.46. The lowest BCUT2D eigenvalue weighted by Gasteiger charge is -2.02. The molecule has 1 aromatic carbocycles. The lowest BCUT2D eigenvalue weighted by Crippen LogP contribution is -2.22. The van der Waals surface area contributed by atoms with Gasteiger partial charge in [0.2, 0.25) is 0 Å². The highest BCUT2D eigenvalue weighted by molar-refractivity contribution is 9.10. The number of benzene rings is 1. The highest BCUT2D eigenvalue weighted by atomic mass is 79.9. The minimum Gasteiger partial charge on any atom is -0.507 e. The number of pyridine rings is 1. The Hall–Kier alpha value is -3.50. The van der Waals surface area contributed by atoms with Crippen molar-refractivity contribution in [1.29, 1.82) is 0 Å². The molecule has 5 aromatic rings. The number of imidazole rings is 1. The van der Waals surface area contributed by atoms with Gasteiger partial charge >= 0.3 is 5.97 Å². The molecular weight excluding hydrogens is 474 g/mol. The first-order valence-electron chi connectivity index (χ1n) is 8.55. The normalized spacial score (nSPS) is 12.2. The number of aromatic carboxylic acids is 1. The molecular formula is C20H10BrN3O5S. The molecule has 0 unspecified atom stereocenters. The molecule has 4 heterocycles. The van der Waals surface area contributed by atoms with Crippen LogP contribution in [0.3, 0.4) is 0 Å². The Labute approximate surface area is 179 Å². The zero-order valence-corrected chi connectivity index (χ0v) is 17.3. The summed E-state index contributed by atoms with van der Waals surface area (Å²) in [5, 5.41) is 18.8. The summed E-state index contributed by atoms with van der Waals surface area (Å²) in [4.78, 5) is 33.3. The minimum absolute atomic E-state index is 0.221. The van der Waals surface area contributed by atoms with Crippen LogP contribution in [-0.2, 0) is 0 Å². The van der Waals surface area contributed by atoms with E-state index in [0.717, 1.165) is 4.47 Å². The number of halogens is 1. The van der Waals surface area contributed by atoms with Gasteiger partial charge in [0, 0.05) is 22.3 Å². The second-order valence-electron chi connectivity index (χ2n) is 6.38. The number of thiazole rings is 1. The fraction of sp³-hybridized carbons (Fsp3) is 0. The van der Waals surface area contributed by atoms with Gasteiger partial charge in [-0.2, -0.15) is 0 Å². The standard InChI is InChI=1S/C20H10BrN3O5S/c21-10-6-13-17(22-8-10)24-18(26)16(30-20(24)23-13)7-11-2-4-15(29-11)9-1-3-14(25)12(5-9)19(27)28/h1-8,25H,(H,27,28). The summed E-state index contributed by atoms with van der Waals surface area (Å²) >= 11 is 4.56. The average Bonchev–Trinajstić information content (AvgIpc) is 3.38. The molecule has 2 N–H and O–H groups in total. The van der Waals surface area contributed by atoms with Crippen LogP contribution >= 0.6 is 27.3 Å². The predicted molar refractivity (Wildman–Crippen MR) is 114 cm³/mol. The van der Waals surface area contributed by atoms with Crippen LogP contribution in [0.1, 0.15) is 16.1 Å². The molecule has 0 amide bonds. The minimum atomic E-state index is -1.24. The second-order valence-corrected chi connectivity index (χ2v) is 8.31. The molecule has 0 atom stereocenters. The lowest BCUT2D eigenvalue weighted by molar-refractivity contribution is 0.0694. The van der Waals surface area contributed by atoms with E-state index < -0.39 is 5.97 Å². The fourth-order valence-electron chi connectivity index (χ4n) is 3.09. The van der Waals surface area contributed by atoms with Gasteiger partial charge in [0.05, 0.1) is 0 Å². The number of furan rings is 1. The van der Waals surface area contributed by atoms with Crippen molar-refractivity contribution in [2.45, 2.75) is 0 Å². The smallest absolute Gasteiger partial charge is 0.339 e. The molecule has 30 heavy (non-hydrogen) atoms. The highest BCUT2D eigenvalue weighted by Gasteiger charge is 2.15. The number of fused-ring (bicyclic) bond motifs is 3. The van der Waals surface area contributed by atoms with E-state index >= 15 is 0 Å². The predicted octanol–water partition coefficient (Wildman–Crippen LogP) is 3.28. The topological polar surface area (TPSA) is 118 Å². The first-order valence-corrected chi connectivity index (χ1v) is 10.2. The Morgan fingerprint density at radius 3 is 2.87 bits per heavy atom. The zero-order chi connectivity index (χ0) is 21.0. The maximum absolute atomic E-state index is 12.8. The number of carboxylic acid groups (broad SMARTS) is 1. The molecule has 0 spiro atoms. The molecule has 4 aromatic heterocycles. The van der Waals surface area contributed by atoms with Gasteiger partial charge in [0.1, 0.15) is 32.9 Å². The van der Waals surface area contributed by atoms with Crippen molar-refractivity contribution < 1.29 is 19.4 Å². The first kappa shape index (κ1) is 18.5. The van der Waals surface area contributed by atoms with Crippen LogP contribution in [0.25, 0.3) is 33.5 Å². The average molecular weight is 484 g/mol. The number of hydrogen-bond acceptors (Lipinski definition) is 7. The Kier molecular flexibility index (Phi) is 4.19. The number of carboxylic acids is 1. The van der Waals surface area contributed by atoms with Gasteiger partial charge in [-0.25, -0.2) is 19.2 Å². The van der Waals surface area contributed by atoms with Gasteiger partial charge < -0.3 is 14.6 Å².